The van der Waals surface area contributed by atoms with Crippen molar-refractivity contribution >= 4 is 0 Å². The molecule has 0 saturated heterocycles. The van der Waals surface area contributed by atoms with Gasteiger partial charge in [0.2, 0.25) is 0 Å². The summed E-state index contributed by atoms with van der Waals surface area (Å²) in [5, 5.41) is 0. The van der Waals surface area contributed by atoms with Crippen LogP contribution in [0.3, 0.4) is 0 Å². The Morgan fingerprint density at radius 1 is 0.889 bits per heavy atom. The molecular weight excluding hydrogens is 328 g/mol. The van der Waals surface area contributed by atoms with Gasteiger partial charge in [-0.3, -0.25) is 0 Å². The molecule has 1 aliphatic rings. The Labute approximate surface area is 164 Å². The van der Waals surface area contributed by atoms with Crippen molar-refractivity contribution in [1.29, 1.82) is 0 Å². The van der Waals surface area contributed by atoms with Crippen LogP contribution in [0.25, 0.3) is 11.1 Å². The van der Waals surface area contributed by atoms with E-state index in [2.05, 4.69) is 80.3 Å². The van der Waals surface area contributed by atoms with E-state index < -0.39 is 0 Å². The predicted octanol–water partition coefficient (Wildman–Crippen LogP) is 7.30. The summed E-state index contributed by atoms with van der Waals surface area (Å²) in [6, 6.07) is 17.9. The molecule has 0 N–H and O–H groups in total. The van der Waals surface area contributed by atoms with Crippen LogP contribution in [0, 0.1) is 5.92 Å². The molecule has 1 saturated carbocycles. The van der Waals surface area contributed by atoms with Gasteiger partial charge in [-0.2, -0.15) is 0 Å². The number of hydrogen-bond acceptors (Lipinski definition) is 1. The highest BCUT2D eigenvalue weighted by Crippen LogP contribution is 2.36. The summed E-state index contributed by atoms with van der Waals surface area (Å²) in [5.41, 5.74) is 5.27. The van der Waals surface area contributed by atoms with E-state index in [0.717, 1.165) is 18.3 Å². The molecule has 3 rings (SSSR count). The lowest BCUT2D eigenvalue weighted by Crippen LogP contribution is -2.11. The van der Waals surface area contributed by atoms with E-state index in [1.54, 1.807) is 0 Å². The van der Waals surface area contributed by atoms with Crippen LogP contribution in [0.4, 0.5) is 0 Å². The molecule has 0 radical (unpaired) electrons. The zero-order chi connectivity index (χ0) is 18.9. The lowest BCUT2D eigenvalue weighted by atomic mass is 9.78. The molecule has 2 aromatic carbocycles. The maximum Gasteiger partial charge on any atom is 0.0721 e. The summed E-state index contributed by atoms with van der Waals surface area (Å²) in [4.78, 5) is 0. The molecule has 1 heteroatoms. The molecule has 2 aromatic rings. The molecule has 27 heavy (non-hydrogen) atoms. The van der Waals surface area contributed by atoms with Crippen molar-refractivity contribution in [3.8, 4) is 11.1 Å². The van der Waals surface area contributed by atoms with Crippen LogP contribution < -0.4 is 0 Å². The summed E-state index contributed by atoms with van der Waals surface area (Å²) < 4.78 is 5.67. The van der Waals surface area contributed by atoms with Crippen LogP contribution in [0.2, 0.25) is 0 Å². The van der Waals surface area contributed by atoms with E-state index in [1.165, 1.54) is 47.9 Å². The quantitative estimate of drug-likeness (QED) is 0.354. The zero-order valence-corrected chi connectivity index (χ0v) is 16.6. The molecule has 0 amide bonds. The summed E-state index contributed by atoms with van der Waals surface area (Å²) in [6.45, 7) is 7.44. The third-order valence-electron chi connectivity index (χ3n) is 5.66. The fourth-order valence-corrected chi connectivity index (χ4v) is 3.91. The topological polar surface area (TPSA) is 9.23 Å². The van der Waals surface area contributed by atoms with Gasteiger partial charge in [0.05, 0.1) is 13.2 Å². The third-order valence-corrected chi connectivity index (χ3v) is 5.66. The second-order valence-corrected chi connectivity index (χ2v) is 7.56. The Bertz CT molecular complexity index is 716. The van der Waals surface area contributed by atoms with Crippen molar-refractivity contribution in [2.75, 3.05) is 6.61 Å². The molecule has 0 atom stereocenters. The summed E-state index contributed by atoms with van der Waals surface area (Å²) >= 11 is 0. The average molecular weight is 361 g/mol. The van der Waals surface area contributed by atoms with Crippen molar-refractivity contribution in [3.63, 3.8) is 0 Å². The van der Waals surface area contributed by atoms with E-state index in [4.69, 9.17) is 4.74 Å². The van der Waals surface area contributed by atoms with E-state index in [0.29, 0.717) is 13.2 Å². The van der Waals surface area contributed by atoms with Gasteiger partial charge < -0.3 is 4.74 Å². The minimum absolute atomic E-state index is 0.667. The standard InChI is InChI=1S/C26H32O/c1-3-5-6-19-27-20-22-9-13-24(14-10-22)26-17-15-25(16-18-26)23-11-7-21(4-2)8-12-23/h4-6,9-10,13-18,21,23H,2-3,7-8,11-12,19-20H2,1H3/b6-5+/t21-,23-. The van der Waals surface area contributed by atoms with Crippen molar-refractivity contribution in [3.05, 3.63) is 84.5 Å². The Hall–Kier alpha value is -2.12. The Morgan fingerprint density at radius 2 is 1.52 bits per heavy atom. The van der Waals surface area contributed by atoms with Crippen LogP contribution in [0.15, 0.2) is 73.3 Å². The van der Waals surface area contributed by atoms with Gasteiger partial charge in [-0.05, 0) is 66.2 Å². The minimum atomic E-state index is 0.667. The van der Waals surface area contributed by atoms with E-state index in [9.17, 15) is 0 Å². The molecule has 0 spiro atoms. The van der Waals surface area contributed by atoms with Gasteiger partial charge in [0, 0.05) is 0 Å². The van der Waals surface area contributed by atoms with E-state index >= 15 is 0 Å². The lowest BCUT2D eigenvalue weighted by molar-refractivity contribution is 0.148. The van der Waals surface area contributed by atoms with E-state index in [1.807, 2.05) is 0 Å². The second-order valence-electron chi connectivity index (χ2n) is 7.56. The largest absolute Gasteiger partial charge is 0.373 e. The first-order valence-electron chi connectivity index (χ1n) is 10.3. The van der Waals surface area contributed by atoms with Gasteiger partial charge >= 0.3 is 0 Å². The van der Waals surface area contributed by atoms with Crippen LogP contribution in [-0.4, -0.2) is 6.61 Å². The van der Waals surface area contributed by atoms with E-state index in [-0.39, 0.29) is 0 Å². The van der Waals surface area contributed by atoms with Gasteiger partial charge in [0.25, 0.3) is 0 Å². The highest BCUT2D eigenvalue weighted by atomic mass is 16.5. The first-order chi connectivity index (χ1) is 13.3. The molecule has 142 valence electrons. The van der Waals surface area contributed by atoms with Crippen LogP contribution in [0.5, 0.6) is 0 Å². The summed E-state index contributed by atoms with van der Waals surface area (Å²) in [7, 11) is 0. The number of ether oxygens (including phenoxy) is 1. The Kier molecular flexibility index (Phi) is 7.47. The van der Waals surface area contributed by atoms with Gasteiger partial charge in [-0.15, -0.1) is 6.58 Å². The number of rotatable bonds is 8. The van der Waals surface area contributed by atoms with Crippen LogP contribution in [0.1, 0.15) is 56.1 Å². The first-order valence-corrected chi connectivity index (χ1v) is 10.3. The number of hydrogen-bond donors (Lipinski definition) is 0. The second kappa shape index (κ2) is 10.3. The number of benzene rings is 2. The summed E-state index contributed by atoms with van der Waals surface area (Å²) in [5.74, 6) is 1.45. The fourth-order valence-electron chi connectivity index (χ4n) is 3.91. The molecule has 0 aromatic heterocycles. The minimum Gasteiger partial charge on any atom is -0.373 e. The van der Waals surface area contributed by atoms with Gasteiger partial charge in [0.15, 0.2) is 0 Å². The van der Waals surface area contributed by atoms with Crippen molar-refractivity contribution in [2.45, 2.75) is 51.6 Å². The lowest BCUT2D eigenvalue weighted by Gasteiger charge is -2.27. The van der Waals surface area contributed by atoms with Crippen molar-refractivity contribution < 1.29 is 4.74 Å². The Balaban J connectivity index is 1.55. The highest BCUT2D eigenvalue weighted by Gasteiger charge is 2.20. The van der Waals surface area contributed by atoms with Gasteiger partial charge in [-0.1, -0.05) is 73.7 Å². The summed E-state index contributed by atoms with van der Waals surface area (Å²) in [6.07, 6.45) is 12.6. The van der Waals surface area contributed by atoms with Crippen molar-refractivity contribution in [1.82, 2.24) is 0 Å². The molecular formula is C26H32O. The highest BCUT2D eigenvalue weighted by molar-refractivity contribution is 5.64. The van der Waals surface area contributed by atoms with Gasteiger partial charge in [0.1, 0.15) is 0 Å². The molecule has 0 bridgehead atoms. The number of allylic oxidation sites excluding steroid dienone is 2. The predicted molar refractivity (Wildman–Crippen MR) is 116 cm³/mol. The maximum atomic E-state index is 5.67. The molecule has 1 nitrogen and oxygen atoms in total. The molecule has 0 aliphatic heterocycles. The van der Waals surface area contributed by atoms with Gasteiger partial charge in [-0.25, -0.2) is 0 Å². The normalized spacial score (nSPS) is 20.0. The molecule has 1 fully saturated rings. The monoisotopic (exact) mass is 360 g/mol. The first kappa shape index (κ1) is 19.6. The third kappa shape index (κ3) is 5.68. The SMILES string of the molecule is C=C[C@H]1CC[C@H](c2ccc(-c3ccc(COC/C=C/CC)cc3)cc2)CC1. The van der Waals surface area contributed by atoms with Crippen LogP contribution >= 0.6 is 0 Å². The fraction of sp³-hybridized carbons (Fsp3) is 0.385. The molecule has 0 unspecified atom stereocenters. The maximum absolute atomic E-state index is 5.67. The average Bonchev–Trinajstić information content (AvgIpc) is 2.74. The molecule has 1 aliphatic carbocycles. The Morgan fingerprint density at radius 3 is 2.11 bits per heavy atom. The van der Waals surface area contributed by atoms with Crippen molar-refractivity contribution in [2.24, 2.45) is 5.92 Å². The zero-order valence-electron chi connectivity index (χ0n) is 16.6. The molecule has 0 heterocycles. The smallest absolute Gasteiger partial charge is 0.0721 e. The van der Waals surface area contributed by atoms with Crippen LogP contribution in [-0.2, 0) is 11.3 Å².